The third-order valence-electron chi connectivity index (χ3n) is 1.67. The van der Waals surface area contributed by atoms with Gasteiger partial charge in [0, 0.05) is 6.04 Å². The summed E-state index contributed by atoms with van der Waals surface area (Å²) < 4.78 is 0. The fourth-order valence-electron chi connectivity index (χ4n) is 1.04. The molecule has 0 saturated carbocycles. The first-order valence-corrected chi connectivity index (χ1v) is 5.15. The van der Waals surface area contributed by atoms with Crippen molar-refractivity contribution in [3.63, 3.8) is 0 Å². The molecule has 0 bridgehead atoms. The van der Waals surface area contributed by atoms with Crippen LogP contribution in [-0.4, -0.2) is 24.2 Å². The summed E-state index contributed by atoms with van der Waals surface area (Å²) in [4.78, 5) is 5.14. The highest BCUT2D eigenvalue weighted by Crippen LogP contribution is 2.16. The van der Waals surface area contributed by atoms with Crippen molar-refractivity contribution in [2.45, 2.75) is 18.9 Å². The molecule has 11 heavy (non-hydrogen) atoms. The van der Waals surface area contributed by atoms with Crippen LogP contribution < -0.4 is 5.48 Å². The van der Waals surface area contributed by atoms with E-state index in [0.29, 0.717) is 12.6 Å². The minimum atomic E-state index is 0.566. The summed E-state index contributed by atoms with van der Waals surface area (Å²) in [5.74, 6) is 2.52. The number of hydrogen-bond acceptors (Lipinski definition) is 3. The summed E-state index contributed by atoms with van der Waals surface area (Å²) >= 11 is 2.02. The Labute approximate surface area is 72.3 Å². The van der Waals surface area contributed by atoms with Gasteiger partial charge in [-0.15, -0.1) is 6.58 Å². The smallest absolute Gasteiger partial charge is 0.0861 e. The van der Waals surface area contributed by atoms with Crippen molar-refractivity contribution < 1.29 is 4.84 Å². The van der Waals surface area contributed by atoms with Gasteiger partial charge in [0.2, 0.25) is 0 Å². The van der Waals surface area contributed by atoms with Gasteiger partial charge in [0.25, 0.3) is 0 Å². The Morgan fingerprint density at radius 1 is 1.55 bits per heavy atom. The molecule has 0 aromatic heterocycles. The van der Waals surface area contributed by atoms with Crippen LogP contribution >= 0.6 is 11.8 Å². The standard InChI is InChI=1S/C8H15NOS/c1-2-5-10-9-8-3-6-11-7-4-8/h2,8-9H,1,3-7H2. The molecule has 0 aromatic carbocycles. The van der Waals surface area contributed by atoms with Gasteiger partial charge in [-0.3, -0.25) is 4.84 Å². The molecule has 0 amide bonds. The Morgan fingerprint density at radius 2 is 2.27 bits per heavy atom. The first-order valence-electron chi connectivity index (χ1n) is 3.99. The maximum atomic E-state index is 5.14. The molecule has 0 unspecified atom stereocenters. The van der Waals surface area contributed by atoms with Gasteiger partial charge in [0.1, 0.15) is 0 Å². The molecule has 0 aliphatic carbocycles. The van der Waals surface area contributed by atoms with E-state index in [2.05, 4.69) is 12.1 Å². The highest BCUT2D eigenvalue weighted by atomic mass is 32.2. The Bertz CT molecular complexity index is 113. The Balaban J connectivity index is 2.00. The van der Waals surface area contributed by atoms with Crippen LogP contribution in [0, 0.1) is 0 Å². The van der Waals surface area contributed by atoms with E-state index in [-0.39, 0.29) is 0 Å². The number of hydrogen-bond donors (Lipinski definition) is 1. The van der Waals surface area contributed by atoms with E-state index in [9.17, 15) is 0 Å². The van der Waals surface area contributed by atoms with Gasteiger partial charge in [-0.1, -0.05) is 6.08 Å². The number of nitrogens with one attached hydrogen (secondary N) is 1. The second-order valence-corrected chi connectivity index (χ2v) is 3.83. The molecule has 1 fully saturated rings. The second kappa shape index (κ2) is 5.63. The highest BCUT2D eigenvalue weighted by molar-refractivity contribution is 7.99. The fourth-order valence-corrected chi connectivity index (χ4v) is 2.15. The van der Waals surface area contributed by atoms with E-state index in [1.165, 1.54) is 24.3 Å². The lowest BCUT2D eigenvalue weighted by molar-refractivity contribution is 0.0328. The largest absolute Gasteiger partial charge is 0.297 e. The van der Waals surface area contributed by atoms with E-state index < -0.39 is 0 Å². The third kappa shape index (κ3) is 3.79. The van der Waals surface area contributed by atoms with E-state index >= 15 is 0 Å². The molecule has 64 valence electrons. The van der Waals surface area contributed by atoms with Crippen molar-refractivity contribution in [2.24, 2.45) is 0 Å². The molecule has 2 nitrogen and oxygen atoms in total. The maximum Gasteiger partial charge on any atom is 0.0861 e. The maximum absolute atomic E-state index is 5.14. The molecular formula is C8H15NOS. The Morgan fingerprint density at radius 3 is 2.91 bits per heavy atom. The quantitative estimate of drug-likeness (QED) is 0.396. The van der Waals surface area contributed by atoms with Gasteiger partial charge in [-0.05, 0) is 24.3 Å². The minimum Gasteiger partial charge on any atom is -0.297 e. The first kappa shape index (κ1) is 9.10. The molecule has 1 aliphatic rings. The van der Waals surface area contributed by atoms with Crippen molar-refractivity contribution >= 4 is 11.8 Å². The molecule has 1 N–H and O–H groups in total. The fraction of sp³-hybridized carbons (Fsp3) is 0.750. The zero-order chi connectivity index (χ0) is 7.94. The molecule has 0 atom stereocenters. The molecule has 0 radical (unpaired) electrons. The molecule has 0 aromatic rings. The molecule has 1 rings (SSSR count). The van der Waals surface area contributed by atoms with Crippen molar-refractivity contribution in [2.75, 3.05) is 18.1 Å². The Hall–Kier alpha value is 0.0100. The van der Waals surface area contributed by atoms with Crippen molar-refractivity contribution in [1.29, 1.82) is 0 Å². The van der Waals surface area contributed by atoms with E-state index in [1.807, 2.05) is 11.8 Å². The van der Waals surface area contributed by atoms with Crippen LogP contribution in [0.5, 0.6) is 0 Å². The normalized spacial score (nSPS) is 20.0. The first-order chi connectivity index (χ1) is 5.43. The van der Waals surface area contributed by atoms with Crippen molar-refractivity contribution in [1.82, 2.24) is 5.48 Å². The average Bonchev–Trinajstić information content (AvgIpc) is 2.07. The SMILES string of the molecule is C=CCONC1CCSCC1. The van der Waals surface area contributed by atoms with Gasteiger partial charge in [-0.25, -0.2) is 0 Å². The molecular weight excluding hydrogens is 158 g/mol. The topological polar surface area (TPSA) is 21.3 Å². The van der Waals surface area contributed by atoms with Crippen LogP contribution in [0.2, 0.25) is 0 Å². The number of thioether (sulfide) groups is 1. The number of rotatable bonds is 4. The van der Waals surface area contributed by atoms with Crippen molar-refractivity contribution in [3.05, 3.63) is 12.7 Å². The van der Waals surface area contributed by atoms with Crippen LogP contribution in [0.15, 0.2) is 12.7 Å². The van der Waals surface area contributed by atoms with Gasteiger partial charge >= 0.3 is 0 Å². The molecule has 1 heterocycles. The van der Waals surface area contributed by atoms with Crippen LogP contribution in [0.3, 0.4) is 0 Å². The third-order valence-corrected chi connectivity index (χ3v) is 2.72. The van der Waals surface area contributed by atoms with E-state index in [1.54, 1.807) is 6.08 Å². The highest BCUT2D eigenvalue weighted by Gasteiger charge is 2.12. The zero-order valence-electron chi connectivity index (χ0n) is 6.71. The molecule has 3 heteroatoms. The molecule has 1 aliphatic heterocycles. The van der Waals surface area contributed by atoms with Gasteiger partial charge < -0.3 is 0 Å². The van der Waals surface area contributed by atoms with Crippen molar-refractivity contribution in [3.8, 4) is 0 Å². The summed E-state index contributed by atoms with van der Waals surface area (Å²) in [7, 11) is 0. The van der Waals surface area contributed by atoms with Crippen LogP contribution in [0.25, 0.3) is 0 Å². The summed E-state index contributed by atoms with van der Waals surface area (Å²) in [6.07, 6.45) is 4.20. The molecule has 0 spiro atoms. The van der Waals surface area contributed by atoms with Crippen LogP contribution in [0.4, 0.5) is 0 Å². The van der Waals surface area contributed by atoms with Gasteiger partial charge in [0.15, 0.2) is 0 Å². The average molecular weight is 173 g/mol. The predicted molar refractivity (Wildman–Crippen MR) is 49.6 cm³/mol. The van der Waals surface area contributed by atoms with Gasteiger partial charge in [0.05, 0.1) is 6.61 Å². The number of hydroxylamine groups is 1. The summed E-state index contributed by atoms with van der Waals surface area (Å²) in [6, 6.07) is 0.566. The second-order valence-electron chi connectivity index (χ2n) is 2.60. The lowest BCUT2D eigenvalue weighted by atomic mass is 10.2. The zero-order valence-corrected chi connectivity index (χ0v) is 7.53. The summed E-state index contributed by atoms with van der Waals surface area (Å²) in [5.41, 5.74) is 3.04. The van der Waals surface area contributed by atoms with Gasteiger partial charge in [-0.2, -0.15) is 17.2 Å². The molecule has 1 saturated heterocycles. The predicted octanol–water partition coefficient (Wildman–Crippen LogP) is 1.59. The minimum absolute atomic E-state index is 0.566. The van der Waals surface area contributed by atoms with E-state index in [0.717, 1.165) is 0 Å². The lowest BCUT2D eigenvalue weighted by Crippen LogP contribution is -2.32. The summed E-state index contributed by atoms with van der Waals surface area (Å²) in [6.45, 7) is 4.18. The summed E-state index contributed by atoms with van der Waals surface area (Å²) in [5, 5.41) is 0. The Kier molecular flexibility index (Phi) is 4.66. The van der Waals surface area contributed by atoms with E-state index in [4.69, 9.17) is 4.84 Å². The van der Waals surface area contributed by atoms with Crippen LogP contribution in [-0.2, 0) is 4.84 Å². The van der Waals surface area contributed by atoms with Crippen LogP contribution in [0.1, 0.15) is 12.8 Å². The lowest BCUT2D eigenvalue weighted by Gasteiger charge is -2.21. The monoisotopic (exact) mass is 173 g/mol.